The van der Waals surface area contributed by atoms with E-state index in [1.165, 1.54) is 23.1 Å². The first-order chi connectivity index (χ1) is 16.5. The molecule has 4 heterocycles. The number of carbonyl (C=O) groups excluding carboxylic acids is 2. The maximum Gasteiger partial charge on any atom is 0.451 e. The molecule has 188 valence electrons. The number of fused-ring (bicyclic) bond motifs is 1. The Balaban J connectivity index is 1.43. The summed E-state index contributed by atoms with van der Waals surface area (Å²) in [5, 5.41) is 19.9. The third-order valence-corrected chi connectivity index (χ3v) is 10.1. The predicted octanol–water partition coefficient (Wildman–Crippen LogP) is 1.53. The van der Waals surface area contributed by atoms with Gasteiger partial charge < -0.3 is 15.0 Å². The van der Waals surface area contributed by atoms with Crippen LogP contribution in [0.5, 0.6) is 0 Å². The van der Waals surface area contributed by atoms with Crippen molar-refractivity contribution in [3.05, 3.63) is 34.6 Å². The van der Waals surface area contributed by atoms with E-state index in [9.17, 15) is 36.9 Å². The summed E-state index contributed by atoms with van der Waals surface area (Å²) in [4.78, 5) is 38.0. The number of hydrogen-bond acceptors (Lipinski definition) is 9. The fourth-order valence-corrected chi connectivity index (χ4v) is 7.74. The fourth-order valence-electron chi connectivity index (χ4n) is 3.43. The van der Waals surface area contributed by atoms with Crippen molar-refractivity contribution in [1.29, 1.82) is 0 Å². The van der Waals surface area contributed by atoms with E-state index >= 15 is 0 Å². The molecule has 0 aliphatic carbocycles. The van der Waals surface area contributed by atoms with Gasteiger partial charge >= 0.3 is 12.1 Å². The number of thioether (sulfide) groups is 2. The highest BCUT2D eigenvalue weighted by Crippen LogP contribution is 2.41. The molecule has 4 rings (SSSR count). The Hall–Kier alpha value is -2.37. The van der Waals surface area contributed by atoms with Gasteiger partial charge in [-0.05, 0) is 17.0 Å². The first kappa shape index (κ1) is 25.7. The average Bonchev–Trinajstić information content (AvgIpc) is 3.45. The van der Waals surface area contributed by atoms with Crippen molar-refractivity contribution in [2.45, 2.75) is 27.0 Å². The number of nitrogens with one attached hydrogen (secondary N) is 1. The van der Waals surface area contributed by atoms with Crippen molar-refractivity contribution in [3.63, 3.8) is 0 Å². The Morgan fingerprint density at radius 1 is 1.37 bits per heavy atom. The lowest BCUT2D eigenvalue weighted by Gasteiger charge is -2.49. The summed E-state index contributed by atoms with van der Waals surface area (Å²) in [5.74, 6) is -3.94. The molecule has 17 heteroatoms. The molecule has 35 heavy (non-hydrogen) atoms. The summed E-state index contributed by atoms with van der Waals surface area (Å²) >= 11 is 3.33. The number of carboxylic acids is 1. The van der Waals surface area contributed by atoms with E-state index in [1.54, 1.807) is 17.5 Å². The molecule has 2 amide bonds. The number of carboxylic acid groups (broad SMARTS) is 1. The number of nitrogens with zero attached hydrogens (tertiary/aromatic N) is 4. The number of hydrogen-bond donors (Lipinski definition) is 2. The van der Waals surface area contributed by atoms with Crippen LogP contribution in [0.2, 0.25) is 0 Å². The van der Waals surface area contributed by atoms with Crippen LogP contribution in [0.25, 0.3) is 0 Å². The standard InChI is InChI=1S/C18H16F3N5O5S4/c1-25-16(18(19,20)21)23-24-17(25)34-6-8-5-33-14-11(13(28)26(14)12(8)15(29)30)22-9(27)7-35(31)10-3-2-4-32-10/h2-4,11,14H,5-7H2,1H3,(H,22,27)(H,29,30)/t11?,14-,35?/m1/s1. The summed E-state index contributed by atoms with van der Waals surface area (Å²) in [6, 6.07) is 2.37. The van der Waals surface area contributed by atoms with Gasteiger partial charge in [0.1, 0.15) is 22.9 Å². The number of aliphatic carboxylic acids is 1. The van der Waals surface area contributed by atoms with E-state index < -0.39 is 52.0 Å². The normalized spacial score (nSPS) is 20.9. The first-order valence-corrected chi connectivity index (χ1v) is 13.9. The predicted molar refractivity (Wildman–Crippen MR) is 122 cm³/mol. The minimum Gasteiger partial charge on any atom is -0.477 e. The Morgan fingerprint density at radius 2 is 2.11 bits per heavy atom. The number of aromatic nitrogens is 3. The van der Waals surface area contributed by atoms with E-state index in [-0.39, 0.29) is 28.1 Å². The fraction of sp³-hybridized carbons (Fsp3) is 0.389. The Bertz CT molecular complexity index is 1230. The summed E-state index contributed by atoms with van der Waals surface area (Å²) in [6.45, 7) is 0. The van der Waals surface area contributed by atoms with Crippen molar-refractivity contribution in [2.75, 3.05) is 17.3 Å². The molecule has 2 aromatic rings. The van der Waals surface area contributed by atoms with Crippen LogP contribution in [0, 0.1) is 0 Å². The van der Waals surface area contributed by atoms with Crippen LogP contribution in [0.4, 0.5) is 13.2 Å². The minimum atomic E-state index is -4.68. The second kappa shape index (κ2) is 9.94. The molecule has 0 radical (unpaired) electrons. The van der Waals surface area contributed by atoms with Gasteiger partial charge in [-0.2, -0.15) is 13.2 Å². The molecule has 2 N–H and O–H groups in total. The maximum atomic E-state index is 12.9. The molecule has 1 fully saturated rings. The average molecular weight is 568 g/mol. The molecule has 0 aromatic carbocycles. The van der Waals surface area contributed by atoms with Crippen LogP contribution in [-0.4, -0.2) is 75.4 Å². The molecular formula is C18H16F3N5O5S4. The zero-order chi connectivity index (χ0) is 25.5. The Morgan fingerprint density at radius 3 is 2.71 bits per heavy atom. The quantitative estimate of drug-likeness (QED) is 0.360. The summed E-state index contributed by atoms with van der Waals surface area (Å²) in [5.41, 5.74) is 0.0642. The van der Waals surface area contributed by atoms with Gasteiger partial charge in [0.05, 0.1) is 15.0 Å². The van der Waals surface area contributed by atoms with E-state index in [2.05, 4.69) is 15.5 Å². The van der Waals surface area contributed by atoms with Crippen LogP contribution in [0.3, 0.4) is 0 Å². The number of carbonyl (C=O) groups is 3. The first-order valence-electron chi connectivity index (χ1n) is 9.69. The number of alkyl halides is 3. The van der Waals surface area contributed by atoms with Crippen LogP contribution in [0.1, 0.15) is 5.82 Å². The molecule has 2 aromatic heterocycles. The summed E-state index contributed by atoms with van der Waals surface area (Å²) in [6.07, 6.45) is -4.68. The monoisotopic (exact) mass is 567 g/mol. The van der Waals surface area contributed by atoms with Gasteiger partial charge in [0.15, 0.2) is 5.16 Å². The second-order valence-electron chi connectivity index (χ2n) is 7.29. The third kappa shape index (κ3) is 5.12. The molecule has 10 nitrogen and oxygen atoms in total. The lowest BCUT2D eigenvalue weighted by molar-refractivity contribution is -0.150. The number of β-lactam (4-membered cyclic amide) rings is 1. The zero-order valence-electron chi connectivity index (χ0n) is 17.6. The maximum absolute atomic E-state index is 12.9. The summed E-state index contributed by atoms with van der Waals surface area (Å²) < 4.78 is 52.3. The number of halogens is 3. The van der Waals surface area contributed by atoms with E-state index in [1.807, 2.05) is 0 Å². The van der Waals surface area contributed by atoms with E-state index in [0.29, 0.717) is 9.78 Å². The van der Waals surface area contributed by atoms with Crippen molar-refractivity contribution < 1.29 is 36.9 Å². The molecule has 2 aliphatic rings. The highest BCUT2D eigenvalue weighted by atomic mass is 32.2. The molecule has 0 bridgehead atoms. The van der Waals surface area contributed by atoms with E-state index in [0.717, 1.165) is 28.3 Å². The van der Waals surface area contributed by atoms with Crippen molar-refractivity contribution >= 4 is 63.4 Å². The molecule has 1 saturated heterocycles. The molecule has 0 saturated carbocycles. The van der Waals surface area contributed by atoms with Crippen LogP contribution in [-0.2, 0) is 38.4 Å². The third-order valence-electron chi connectivity index (χ3n) is 5.01. The second-order valence-corrected chi connectivity index (χ2v) is 12.0. The van der Waals surface area contributed by atoms with Crippen LogP contribution >= 0.6 is 34.9 Å². The van der Waals surface area contributed by atoms with Gasteiger partial charge in [-0.15, -0.1) is 33.3 Å². The van der Waals surface area contributed by atoms with Gasteiger partial charge in [-0.3, -0.25) is 18.7 Å². The number of thiophene rings is 1. The lowest BCUT2D eigenvalue weighted by Crippen LogP contribution is -2.70. The highest BCUT2D eigenvalue weighted by molar-refractivity contribution is 8.01. The topological polar surface area (TPSA) is 134 Å². The van der Waals surface area contributed by atoms with Gasteiger partial charge in [0.2, 0.25) is 11.7 Å². The highest BCUT2D eigenvalue weighted by Gasteiger charge is 2.54. The van der Waals surface area contributed by atoms with Crippen LogP contribution < -0.4 is 5.32 Å². The molecule has 0 spiro atoms. The number of rotatable bonds is 8. The lowest BCUT2D eigenvalue weighted by atomic mass is 10.0. The molecule has 3 atom stereocenters. The van der Waals surface area contributed by atoms with Crippen LogP contribution in [0.15, 0.2) is 38.1 Å². The van der Waals surface area contributed by atoms with Gasteiger partial charge in [0, 0.05) is 18.6 Å². The van der Waals surface area contributed by atoms with Crippen molar-refractivity contribution in [2.24, 2.45) is 7.05 Å². The van der Waals surface area contributed by atoms with Gasteiger partial charge in [-0.25, -0.2) is 4.79 Å². The Kier molecular flexibility index (Phi) is 7.31. The van der Waals surface area contributed by atoms with Crippen molar-refractivity contribution in [1.82, 2.24) is 25.0 Å². The smallest absolute Gasteiger partial charge is 0.451 e. The molecular weight excluding hydrogens is 551 g/mol. The molecule has 2 aliphatic heterocycles. The largest absolute Gasteiger partial charge is 0.477 e. The zero-order valence-corrected chi connectivity index (χ0v) is 20.9. The van der Waals surface area contributed by atoms with E-state index in [4.69, 9.17) is 0 Å². The Labute approximate surface area is 210 Å². The minimum absolute atomic E-state index is 0.0220. The SMILES string of the molecule is Cn1c(SCC2=C(C(=O)O)N3C(=O)C(NC(=O)CS(=O)c4cccs4)[C@H]3SC2)nnc1C(F)(F)F. The molecule has 2 unspecified atom stereocenters. The van der Waals surface area contributed by atoms with Gasteiger partial charge in [0.25, 0.3) is 5.91 Å². The van der Waals surface area contributed by atoms with Crippen molar-refractivity contribution in [3.8, 4) is 0 Å². The van der Waals surface area contributed by atoms with Gasteiger partial charge in [-0.1, -0.05) is 17.8 Å². The summed E-state index contributed by atoms with van der Waals surface area (Å²) in [7, 11) is -0.406. The number of amides is 2.